The second kappa shape index (κ2) is 8.81. The average Bonchev–Trinajstić information content (AvgIpc) is 2.44. The zero-order chi connectivity index (χ0) is 15.8. The van der Waals surface area contributed by atoms with Gasteiger partial charge in [0.05, 0.1) is 0 Å². The van der Waals surface area contributed by atoms with Crippen LogP contribution in [-0.4, -0.2) is 93.0 Å². The summed E-state index contributed by atoms with van der Waals surface area (Å²) in [7, 11) is 5.57. The van der Waals surface area contributed by atoms with Crippen LogP contribution in [-0.2, 0) is 9.53 Å². The smallest absolute Gasteiger partial charge is 0.326 e. The SMILES string of the molecule is COCCC(NC(=O)NCC1CN(C)CCN1C)C(=O)O. The zero-order valence-corrected chi connectivity index (χ0v) is 13.0. The van der Waals surface area contributed by atoms with Crippen LogP contribution in [0.2, 0.25) is 0 Å². The third kappa shape index (κ3) is 6.28. The quantitative estimate of drug-likeness (QED) is 0.560. The number of carbonyl (C=O) groups excluding carboxylic acids is 1. The minimum absolute atomic E-state index is 0.233. The molecule has 1 heterocycles. The van der Waals surface area contributed by atoms with Crippen LogP contribution in [0.15, 0.2) is 0 Å². The Morgan fingerprint density at radius 3 is 2.71 bits per heavy atom. The number of hydrogen-bond donors (Lipinski definition) is 3. The van der Waals surface area contributed by atoms with Crippen LogP contribution in [0, 0.1) is 0 Å². The van der Waals surface area contributed by atoms with Crippen molar-refractivity contribution >= 4 is 12.0 Å². The highest BCUT2D eigenvalue weighted by molar-refractivity contribution is 5.82. The van der Waals surface area contributed by atoms with Gasteiger partial charge in [0.15, 0.2) is 0 Å². The summed E-state index contributed by atoms with van der Waals surface area (Å²) in [6.45, 7) is 3.62. The van der Waals surface area contributed by atoms with Gasteiger partial charge in [0.2, 0.25) is 0 Å². The maximum atomic E-state index is 11.8. The number of carbonyl (C=O) groups is 2. The van der Waals surface area contributed by atoms with Crippen LogP contribution in [0.5, 0.6) is 0 Å². The molecular formula is C13H26N4O4. The molecule has 2 unspecified atom stereocenters. The van der Waals surface area contributed by atoms with Crippen LogP contribution in [0.1, 0.15) is 6.42 Å². The lowest BCUT2D eigenvalue weighted by molar-refractivity contribution is -0.139. The van der Waals surface area contributed by atoms with E-state index in [1.165, 1.54) is 7.11 Å². The van der Waals surface area contributed by atoms with Crippen LogP contribution in [0.3, 0.4) is 0 Å². The highest BCUT2D eigenvalue weighted by Crippen LogP contribution is 2.04. The Bertz CT molecular complexity index is 353. The van der Waals surface area contributed by atoms with E-state index in [0.717, 1.165) is 19.6 Å². The normalized spacial score (nSPS) is 21.8. The number of hydrogen-bond acceptors (Lipinski definition) is 5. The summed E-state index contributed by atoms with van der Waals surface area (Å²) in [6.07, 6.45) is 0.241. The van der Waals surface area contributed by atoms with Crippen molar-refractivity contribution in [1.29, 1.82) is 0 Å². The number of nitrogens with zero attached hydrogens (tertiary/aromatic N) is 2. The van der Waals surface area contributed by atoms with Crippen LogP contribution in [0.25, 0.3) is 0 Å². The first-order chi connectivity index (χ1) is 9.93. The first-order valence-electron chi connectivity index (χ1n) is 7.09. The van der Waals surface area contributed by atoms with Gasteiger partial charge in [-0.05, 0) is 14.1 Å². The summed E-state index contributed by atoms with van der Waals surface area (Å²) >= 11 is 0. The van der Waals surface area contributed by atoms with Crippen LogP contribution in [0.4, 0.5) is 4.79 Å². The molecule has 0 aromatic carbocycles. The molecule has 1 fully saturated rings. The zero-order valence-electron chi connectivity index (χ0n) is 13.0. The van der Waals surface area contributed by atoms with E-state index in [-0.39, 0.29) is 19.1 Å². The molecule has 0 bridgehead atoms. The molecule has 0 aliphatic carbocycles. The number of methoxy groups -OCH3 is 1. The van der Waals surface area contributed by atoms with Gasteiger partial charge in [-0.3, -0.25) is 4.90 Å². The fourth-order valence-corrected chi connectivity index (χ4v) is 2.23. The Balaban J connectivity index is 2.36. The van der Waals surface area contributed by atoms with E-state index < -0.39 is 18.0 Å². The molecule has 0 aromatic rings. The second-order valence-electron chi connectivity index (χ2n) is 5.42. The van der Waals surface area contributed by atoms with Crippen LogP contribution < -0.4 is 10.6 Å². The van der Waals surface area contributed by atoms with E-state index in [4.69, 9.17) is 9.84 Å². The molecule has 1 aliphatic heterocycles. The fraction of sp³-hybridized carbons (Fsp3) is 0.846. The number of urea groups is 1. The predicted octanol–water partition coefficient (Wildman–Crippen LogP) is -0.979. The summed E-state index contributed by atoms with van der Waals surface area (Å²) in [5, 5.41) is 14.2. The topological polar surface area (TPSA) is 94.1 Å². The van der Waals surface area contributed by atoms with Gasteiger partial charge in [-0.2, -0.15) is 0 Å². The summed E-state index contributed by atoms with van der Waals surface area (Å²) in [5.74, 6) is -1.06. The number of nitrogens with one attached hydrogen (secondary N) is 2. The highest BCUT2D eigenvalue weighted by Gasteiger charge is 2.24. The number of amides is 2. The maximum Gasteiger partial charge on any atom is 0.326 e. The Morgan fingerprint density at radius 2 is 2.10 bits per heavy atom. The number of likely N-dealkylation sites (N-methyl/N-ethyl adjacent to an activating group) is 2. The summed E-state index contributed by atoms with van der Waals surface area (Å²) in [5.41, 5.74) is 0. The minimum atomic E-state index is -1.06. The second-order valence-corrected chi connectivity index (χ2v) is 5.42. The van der Waals surface area contributed by atoms with Crippen molar-refractivity contribution in [2.45, 2.75) is 18.5 Å². The first kappa shape index (κ1) is 17.7. The van der Waals surface area contributed by atoms with E-state index in [9.17, 15) is 9.59 Å². The van der Waals surface area contributed by atoms with E-state index in [2.05, 4.69) is 20.4 Å². The van der Waals surface area contributed by atoms with E-state index in [0.29, 0.717) is 6.54 Å². The summed E-state index contributed by atoms with van der Waals surface area (Å²) in [6, 6.07) is -1.16. The van der Waals surface area contributed by atoms with Crippen molar-refractivity contribution in [2.75, 3.05) is 54.0 Å². The fourth-order valence-electron chi connectivity index (χ4n) is 2.23. The standard InChI is InChI=1S/C13H26N4O4/c1-16-5-6-17(2)10(9-16)8-14-13(20)15-11(12(18)19)4-7-21-3/h10-11H,4-9H2,1-3H3,(H,18,19)(H2,14,15,20). The molecule has 1 rings (SSSR count). The molecule has 0 aromatic heterocycles. The first-order valence-corrected chi connectivity index (χ1v) is 7.09. The summed E-state index contributed by atoms with van der Waals surface area (Å²) in [4.78, 5) is 27.2. The Morgan fingerprint density at radius 1 is 1.38 bits per heavy atom. The van der Waals surface area contributed by atoms with Crippen molar-refractivity contribution in [3.05, 3.63) is 0 Å². The van der Waals surface area contributed by atoms with E-state index >= 15 is 0 Å². The third-order valence-electron chi connectivity index (χ3n) is 3.69. The number of piperazine rings is 1. The number of aliphatic carboxylic acids is 1. The maximum absolute atomic E-state index is 11.8. The van der Waals surface area contributed by atoms with Gasteiger partial charge in [0.25, 0.3) is 0 Å². The van der Waals surface area contributed by atoms with Gasteiger partial charge in [-0.15, -0.1) is 0 Å². The predicted molar refractivity (Wildman–Crippen MR) is 78.4 cm³/mol. The third-order valence-corrected chi connectivity index (χ3v) is 3.69. The van der Waals surface area contributed by atoms with Crippen molar-refractivity contribution in [2.24, 2.45) is 0 Å². The Labute approximate surface area is 125 Å². The van der Waals surface area contributed by atoms with Gasteiger partial charge < -0.3 is 25.4 Å². The molecule has 1 aliphatic rings. The summed E-state index contributed by atoms with van der Waals surface area (Å²) < 4.78 is 4.84. The largest absolute Gasteiger partial charge is 0.480 e. The van der Waals surface area contributed by atoms with E-state index in [1.54, 1.807) is 0 Å². The molecule has 8 heteroatoms. The molecule has 1 saturated heterocycles. The van der Waals surface area contributed by atoms with Gasteiger partial charge in [-0.1, -0.05) is 0 Å². The van der Waals surface area contributed by atoms with Crippen molar-refractivity contribution < 1.29 is 19.4 Å². The number of carboxylic acids is 1. The van der Waals surface area contributed by atoms with Gasteiger partial charge >= 0.3 is 12.0 Å². The number of carboxylic acid groups (broad SMARTS) is 1. The Kier molecular flexibility index (Phi) is 7.41. The lowest BCUT2D eigenvalue weighted by Gasteiger charge is -2.37. The molecule has 0 saturated carbocycles. The average molecular weight is 302 g/mol. The molecule has 0 spiro atoms. The highest BCUT2D eigenvalue weighted by atomic mass is 16.5. The van der Waals surface area contributed by atoms with E-state index in [1.807, 2.05) is 14.1 Å². The van der Waals surface area contributed by atoms with Crippen molar-refractivity contribution in [3.8, 4) is 0 Å². The number of ether oxygens (including phenoxy) is 1. The number of rotatable bonds is 7. The molecule has 3 N–H and O–H groups in total. The monoisotopic (exact) mass is 302 g/mol. The molecule has 2 amide bonds. The lowest BCUT2D eigenvalue weighted by atomic mass is 10.2. The molecule has 2 atom stereocenters. The van der Waals surface area contributed by atoms with Gasteiger partial charge in [0.1, 0.15) is 6.04 Å². The molecule has 122 valence electrons. The molecule has 0 radical (unpaired) electrons. The molecule has 21 heavy (non-hydrogen) atoms. The van der Waals surface area contributed by atoms with Crippen LogP contribution >= 0.6 is 0 Å². The van der Waals surface area contributed by atoms with Gasteiger partial charge in [0, 0.05) is 52.4 Å². The lowest BCUT2D eigenvalue weighted by Crippen LogP contribution is -2.56. The van der Waals surface area contributed by atoms with Crippen molar-refractivity contribution in [3.63, 3.8) is 0 Å². The Hall–Kier alpha value is -1.38. The van der Waals surface area contributed by atoms with Crippen molar-refractivity contribution in [1.82, 2.24) is 20.4 Å². The molecule has 8 nitrogen and oxygen atoms in total. The minimum Gasteiger partial charge on any atom is -0.480 e. The van der Waals surface area contributed by atoms with Gasteiger partial charge in [-0.25, -0.2) is 9.59 Å². The molecular weight excluding hydrogens is 276 g/mol.